The van der Waals surface area contributed by atoms with E-state index in [-0.39, 0.29) is 17.5 Å². The number of nitrogens with two attached hydrogens (primary N) is 1. The Morgan fingerprint density at radius 2 is 2.45 bits per heavy atom. The topological polar surface area (TPSA) is 94.0 Å². The monoisotopic (exact) mass is 156 g/mol. The van der Waals surface area contributed by atoms with E-state index in [9.17, 15) is 4.79 Å². The molecule has 0 radical (unpaired) electrons. The fraction of sp³-hybridized carbons (Fsp3) is 0.400. The van der Waals surface area contributed by atoms with Gasteiger partial charge in [0.15, 0.2) is 0 Å². The van der Waals surface area contributed by atoms with Gasteiger partial charge in [0, 0.05) is 6.42 Å². The van der Waals surface area contributed by atoms with Gasteiger partial charge in [-0.1, -0.05) is 6.92 Å². The third-order valence-electron chi connectivity index (χ3n) is 1.09. The molecule has 0 unspecified atom stereocenters. The molecule has 1 amide bonds. The Labute approximate surface area is 62.7 Å². The summed E-state index contributed by atoms with van der Waals surface area (Å²) in [4.78, 5) is 10.8. The summed E-state index contributed by atoms with van der Waals surface area (Å²) >= 11 is 0. The smallest absolute Gasteiger partial charge is 0.225 e. The van der Waals surface area contributed by atoms with Crippen LogP contribution in [-0.4, -0.2) is 16.2 Å². The summed E-state index contributed by atoms with van der Waals surface area (Å²) in [5.74, 6) is 0.0936. The molecule has 60 valence electrons. The second-order valence-corrected chi connectivity index (χ2v) is 1.90. The molecule has 3 N–H and O–H groups in total. The van der Waals surface area contributed by atoms with Crippen LogP contribution in [0.3, 0.4) is 0 Å². The minimum atomic E-state index is -0.174. The van der Waals surface area contributed by atoms with Crippen LogP contribution in [0.15, 0.2) is 4.63 Å². The third kappa shape index (κ3) is 1.66. The van der Waals surface area contributed by atoms with E-state index in [2.05, 4.69) is 20.3 Å². The SMILES string of the molecule is CCC(=O)Nc1nonc1N. The highest BCUT2D eigenvalue weighted by Gasteiger charge is 2.07. The maximum Gasteiger partial charge on any atom is 0.225 e. The van der Waals surface area contributed by atoms with Crippen molar-refractivity contribution >= 4 is 17.5 Å². The summed E-state index contributed by atoms with van der Waals surface area (Å²) in [6, 6.07) is 0. The standard InChI is InChI=1S/C5H8N4O2/c1-2-3(10)7-5-4(6)8-11-9-5/h2H2,1H3,(H2,6,8)(H,7,9,10). The Balaban J connectivity index is 2.64. The van der Waals surface area contributed by atoms with Crippen LogP contribution in [0.1, 0.15) is 13.3 Å². The van der Waals surface area contributed by atoms with Crippen LogP contribution < -0.4 is 11.1 Å². The first-order valence-corrected chi connectivity index (χ1v) is 3.12. The van der Waals surface area contributed by atoms with E-state index < -0.39 is 0 Å². The van der Waals surface area contributed by atoms with Gasteiger partial charge in [0.25, 0.3) is 0 Å². The molecule has 0 aliphatic rings. The fourth-order valence-electron chi connectivity index (χ4n) is 0.503. The second-order valence-electron chi connectivity index (χ2n) is 1.90. The molecule has 0 aliphatic carbocycles. The number of amides is 1. The number of anilines is 2. The van der Waals surface area contributed by atoms with Crippen LogP contribution in [-0.2, 0) is 4.79 Å². The quantitative estimate of drug-likeness (QED) is 0.628. The Bertz CT molecular complexity index is 257. The average molecular weight is 156 g/mol. The highest BCUT2D eigenvalue weighted by molar-refractivity contribution is 5.91. The molecule has 1 aromatic rings. The predicted octanol–water partition coefficient (Wildman–Crippen LogP) is 0.000300. The van der Waals surface area contributed by atoms with E-state index in [1.807, 2.05) is 0 Å². The van der Waals surface area contributed by atoms with Gasteiger partial charge >= 0.3 is 0 Å². The molecule has 0 aromatic carbocycles. The van der Waals surface area contributed by atoms with Crippen molar-refractivity contribution in [3.63, 3.8) is 0 Å². The number of hydrogen-bond acceptors (Lipinski definition) is 5. The van der Waals surface area contributed by atoms with Crippen LogP contribution in [0.2, 0.25) is 0 Å². The van der Waals surface area contributed by atoms with Crippen LogP contribution in [0.25, 0.3) is 0 Å². The lowest BCUT2D eigenvalue weighted by atomic mass is 10.4. The first-order valence-electron chi connectivity index (χ1n) is 3.12. The molecule has 1 aromatic heterocycles. The molecule has 0 aliphatic heterocycles. The molecule has 0 saturated carbocycles. The van der Waals surface area contributed by atoms with Crippen molar-refractivity contribution in [2.24, 2.45) is 0 Å². The Morgan fingerprint density at radius 3 is 2.91 bits per heavy atom. The maximum absolute atomic E-state index is 10.8. The number of aromatic nitrogens is 2. The third-order valence-corrected chi connectivity index (χ3v) is 1.09. The van der Waals surface area contributed by atoms with Crippen LogP contribution >= 0.6 is 0 Å². The molecule has 0 saturated heterocycles. The van der Waals surface area contributed by atoms with Crippen LogP contribution in [0.4, 0.5) is 11.6 Å². The number of nitrogens with zero attached hydrogens (tertiary/aromatic N) is 2. The lowest BCUT2D eigenvalue weighted by Crippen LogP contribution is -2.10. The molecule has 1 heterocycles. The number of nitrogen functional groups attached to an aromatic ring is 1. The van der Waals surface area contributed by atoms with E-state index in [0.717, 1.165) is 0 Å². The fourth-order valence-corrected chi connectivity index (χ4v) is 0.503. The first kappa shape index (κ1) is 7.52. The van der Waals surface area contributed by atoms with Crippen molar-refractivity contribution in [3.05, 3.63) is 0 Å². The van der Waals surface area contributed by atoms with Crippen molar-refractivity contribution in [2.75, 3.05) is 11.1 Å². The van der Waals surface area contributed by atoms with Gasteiger partial charge in [-0.25, -0.2) is 4.63 Å². The Hall–Kier alpha value is -1.59. The van der Waals surface area contributed by atoms with E-state index in [1.54, 1.807) is 6.92 Å². The first-order chi connectivity index (χ1) is 5.24. The van der Waals surface area contributed by atoms with E-state index in [4.69, 9.17) is 5.73 Å². The lowest BCUT2D eigenvalue weighted by molar-refractivity contribution is -0.115. The van der Waals surface area contributed by atoms with Gasteiger partial charge in [0.2, 0.25) is 17.5 Å². The van der Waals surface area contributed by atoms with Crippen LogP contribution in [0, 0.1) is 0 Å². The number of rotatable bonds is 2. The summed E-state index contributed by atoms with van der Waals surface area (Å²) in [5.41, 5.74) is 5.26. The molecular weight excluding hydrogens is 148 g/mol. The molecular formula is C5H8N4O2. The molecule has 6 heteroatoms. The minimum Gasteiger partial charge on any atom is -0.378 e. The van der Waals surface area contributed by atoms with Gasteiger partial charge in [-0.05, 0) is 10.3 Å². The van der Waals surface area contributed by atoms with Crippen molar-refractivity contribution in [3.8, 4) is 0 Å². The zero-order valence-corrected chi connectivity index (χ0v) is 6.00. The normalized spacial score (nSPS) is 9.55. The molecule has 0 fully saturated rings. The highest BCUT2D eigenvalue weighted by atomic mass is 16.6. The zero-order valence-electron chi connectivity index (χ0n) is 6.00. The van der Waals surface area contributed by atoms with Gasteiger partial charge in [0.05, 0.1) is 0 Å². The largest absolute Gasteiger partial charge is 0.378 e. The van der Waals surface area contributed by atoms with Crippen molar-refractivity contribution < 1.29 is 9.42 Å². The van der Waals surface area contributed by atoms with E-state index in [1.165, 1.54) is 0 Å². The van der Waals surface area contributed by atoms with Gasteiger partial charge in [-0.15, -0.1) is 0 Å². The minimum absolute atomic E-state index is 0.0896. The molecule has 0 atom stereocenters. The number of hydrogen-bond donors (Lipinski definition) is 2. The summed E-state index contributed by atoms with van der Waals surface area (Å²) in [6.07, 6.45) is 0.367. The summed E-state index contributed by atoms with van der Waals surface area (Å²) in [7, 11) is 0. The van der Waals surface area contributed by atoms with E-state index in [0.29, 0.717) is 6.42 Å². The predicted molar refractivity (Wildman–Crippen MR) is 37.6 cm³/mol. The molecule has 6 nitrogen and oxygen atoms in total. The highest BCUT2D eigenvalue weighted by Crippen LogP contribution is 2.10. The molecule has 11 heavy (non-hydrogen) atoms. The second kappa shape index (κ2) is 3.00. The van der Waals surface area contributed by atoms with Crippen LogP contribution in [0.5, 0.6) is 0 Å². The number of carbonyl (C=O) groups is 1. The van der Waals surface area contributed by atoms with Gasteiger partial charge in [-0.3, -0.25) is 4.79 Å². The summed E-state index contributed by atoms with van der Waals surface area (Å²) in [5, 5.41) is 9.05. The van der Waals surface area contributed by atoms with Crippen molar-refractivity contribution in [1.82, 2.24) is 10.3 Å². The molecule has 0 bridgehead atoms. The Kier molecular flexibility index (Phi) is 2.05. The Morgan fingerprint density at radius 1 is 1.73 bits per heavy atom. The van der Waals surface area contributed by atoms with Gasteiger partial charge < -0.3 is 11.1 Å². The van der Waals surface area contributed by atoms with Crippen molar-refractivity contribution in [1.29, 1.82) is 0 Å². The number of carbonyl (C=O) groups excluding carboxylic acids is 1. The lowest BCUT2D eigenvalue weighted by Gasteiger charge is -1.95. The van der Waals surface area contributed by atoms with Gasteiger partial charge in [-0.2, -0.15) is 0 Å². The average Bonchev–Trinajstić information content (AvgIpc) is 2.37. The summed E-state index contributed by atoms with van der Waals surface area (Å²) < 4.78 is 4.25. The summed E-state index contributed by atoms with van der Waals surface area (Å²) in [6.45, 7) is 1.72. The van der Waals surface area contributed by atoms with Gasteiger partial charge in [0.1, 0.15) is 0 Å². The molecule has 0 spiro atoms. The van der Waals surface area contributed by atoms with Crippen molar-refractivity contribution in [2.45, 2.75) is 13.3 Å². The van der Waals surface area contributed by atoms with E-state index >= 15 is 0 Å². The number of nitrogens with one attached hydrogen (secondary N) is 1. The molecule has 1 rings (SSSR count). The zero-order chi connectivity index (χ0) is 8.27. The maximum atomic E-state index is 10.8.